The fourth-order valence-corrected chi connectivity index (χ4v) is 1.53. The molecule has 10 heavy (non-hydrogen) atoms. The molecule has 0 spiro atoms. The lowest BCUT2D eigenvalue weighted by molar-refractivity contribution is 0.251. The lowest BCUT2D eigenvalue weighted by Gasteiger charge is -1.80. The second-order valence-electron chi connectivity index (χ2n) is 1.93. The average molecular weight is 162 g/mol. The maximum atomic E-state index is 9.48. The van der Waals surface area contributed by atoms with Crippen LogP contribution in [-0.2, 0) is 0 Å². The third-order valence-electron chi connectivity index (χ3n) is 1.07. The average Bonchev–Trinajstić information content (AvgIpc) is 2.43. The van der Waals surface area contributed by atoms with Crippen LogP contribution in [0.4, 0.5) is 4.79 Å². The third kappa shape index (κ3) is 7.62. The topological polar surface area (TPSA) is 55.1 Å². The Morgan fingerprint density at radius 1 is 1.50 bits per heavy atom. The maximum absolute atomic E-state index is 9.48. The molecule has 1 aliphatic rings. The van der Waals surface area contributed by atoms with Gasteiger partial charge in [-0.05, 0) is 24.3 Å². The van der Waals surface area contributed by atoms with Crippen molar-refractivity contribution in [3.63, 3.8) is 0 Å². The number of urea groups is 1. The number of nitrogens with one attached hydrogen (secondary N) is 1. The molecule has 0 aliphatic carbocycles. The normalized spacial score (nSPS) is 15.3. The van der Waals surface area contributed by atoms with E-state index in [0.29, 0.717) is 0 Å². The second-order valence-corrected chi connectivity index (χ2v) is 3.16. The summed E-state index contributed by atoms with van der Waals surface area (Å²) in [5.74, 6) is 2.83. The molecule has 60 valence electrons. The summed E-state index contributed by atoms with van der Waals surface area (Å²) in [6.45, 7) is 0. The molecule has 0 unspecified atom stereocenters. The summed E-state index contributed by atoms with van der Waals surface area (Å²) in [5, 5.41) is 2.17. The highest BCUT2D eigenvalue weighted by Gasteiger charge is 1.95. The van der Waals surface area contributed by atoms with Gasteiger partial charge in [0.1, 0.15) is 0 Å². The number of hydrogen-bond acceptors (Lipinski definition) is 2. The van der Waals surface area contributed by atoms with Crippen LogP contribution in [0.25, 0.3) is 0 Å². The van der Waals surface area contributed by atoms with Gasteiger partial charge in [-0.1, -0.05) is 0 Å². The summed E-state index contributed by atoms with van der Waals surface area (Å²) in [4.78, 5) is 9.48. The number of hydrogen-bond donors (Lipinski definition) is 2. The van der Waals surface area contributed by atoms with E-state index in [-0.39, 0.29) is 0 Å². The van der Waals surface area contributed by atoms with Gasteiger partial charge in [0.05, 0.1) is 0 Å². The van der Waals surface area contributed by atoms with Crippen LogP contribution in [0, 0.1) is 0 Å². The largest absolute Gasteiger partial charge is 0.352 e. The van der Waals surface area contributed by atoms with E-state index in [1.165, 1.54) is 31.4 Å². The lowest BCUT2D eigenvalue weighted by atomic mass is 10.4. The molecule has 0 aromatic heterocycles. The quantitative estimate of drug-likeness (QED) is 0.553. The molecule has 1 aliphatic heterocycles. The van der Waals surface area contributed by atoms with E-state index in [0.717, 1.165) is 0 Å². The standard InChI is InChI=1S/C4H8S.C2H6N2O/c1-2-4-5-3-1;1-4-2(3)5/h1-4H2;1H3,(H3,3,4,5). The lowest BCUT2D eigenvalue weighted by Crippen LogP contribution is -2.24. The van der Waals surface area contributed by atoms with E-state index in [1.807, 2.05) is 0 Å². The van der Waals surface area contributed by atoms with Crippen molar-refractivity contribution < 1.29 is 4.79 Å². The predicted octanol–water partition coefficient (Wildman–Crippen LogP) is 0.798. The monoisotopic (exact) mass is 162 g/mol. The van der Waals surface area contributed by atoms with Gasteiger partial charge in [-0.25, -0.2) is 4.79 Å². The molecule has 1 heterocycles. The summed E-state index contributed by atoms with van der Waals surface area (Å²) < 4.78 is 0. The predicted molar refractivity (Wildman–Crippen MR) is 45.2 cm³/mol. The van der Waals surface area contributed by atoms with Gasteiger partial charge in [-0.3, -0.25) is 0 Å². The number of primary amides is 1. The summed E-state index contributed by atoms with van der Waals surface area (Å²) in [6, 6.07) is -0.495. The van der Waals surface area contributed by atoms with Crippen molar-refractivity contribution in [3.05, 3.63) is 0 Å². The zero-order chi connectivity index (χ0) is 7.82. The Morgan fingerprint density at radius 3 is 2.00 bits per heavy atom. The van der Waals surface area contributed by atoms with Crippen LogP contribution in [0.5, 0.6) is 0 Å². The van der Waals surface area contributed by atoms with Crippen LogP contribution in [0.3, 0.4) is 0 Å². The van der Waals surface area contributed by atoms with Crippen molar-refractivity contribution >= 4 is 17.8 Å². The van der Waals surface area contributed by atoms with Crippen molar-refractivity contribution in [2.45, 2.75) is 12.8 Å². The van der Waals surface area contributed by atoms with Crippen LogP contribution in [0.2, 0.25) is 0 Å². The maximum Gasteiger partial charge on any atom is 0.311 e. The first-order chi connectivity index (χ1) is 4.77. The first-order valence-electron chi connectivity index (χ1n) is 3.32. The van der Waals surface area contributed by atoms with Crippen molar-refractivity contribution in [2.24, 2.45) is 5.73 Å². The van der Waals surface area contributed by atoms with Crippen LogP contribution in [0.1, 0.15) is 12.8 Å². The summed E-state index contributed by atoms with van der Waals surface area (Å²) in [5.41, 5.74) is 4.54. The van der Waals surface area contributed by atoms with E-state index in [1.54, 1.807) is 0 Å². The number of amides is 2. The van der Waals surface area contributed by atoms with Gasteiger partial charge in [-0.15, -0.1) is 0 Å². The SMILES string of the molecule is C1CCSC1.CNC(N)=O. The van der Waals surface area contributed by atoms with Gasteiger partial charge in [0, 0.05) is 7.05 Å². The Bertz CT molecular complexity index is 86.1. The van der Waals surface area contributed by atoms with E-state index in [9.17, 15) is 4.79 Å². The Balaban J connectivity index is 0.000000162. The number of nitrogens with two attached hydrogens (primary N) is 1. The molecule has 0 atom stereocenters. The second kappa shape index (κ2) is 6.74. The van der Waals surface area contributed by atoms with Gasteiger partial charge in [0.2, 0.25) is 0 Å². The third-order valence-corrected chi connectivity index (χ3v) is 2.23. The Morgan fingerprint density at radius 2 is 1.90 bits per heavy atom. The van der Waals surface area contributed by atoms with Gasteiger partial charge in [-0.2, -0.15) is 11.8 Å². The van der Waals surface area contributed by atoms with Crippen molar-refractivity contribution in [3.8, 4) is 0 Å². The molecule has 3 N–H and O–H groups in total. The summed E-state index contributed by atoms with van der Waals surface area (Å²) in [6.07, 6.45) is 2.93. The smallest absolute Gasteiger partial charge is 0.311 e. The molecule has 0 radical (unpaired) electrons. The van der Waals surface area contributed by atoms with Gasteiger partial charge in [0.15, 0.2) is 0 Å². The van der Waals surface area contributed by atoms with Gasteiger partial charge >= 0.3 is 6.03 Å². The van der Waals surface area contributed by atoms with E-state index < -0.39 is 6.03 Å². The number of thioether (sulfide) groups is 1. The molecule has 0 bridgehead atoms. The Hall–Kier alpha value is -0.380. The van der Waals surface area contributed by atoms with Gasteiger partial charge in [0.25, 0.3) is 0 Å². The van der Waals surface area contributed by atoms with Crippen LogP contribution < -0.4 is 11.1 Å². The summed E-state index contributed by atoms with van der Waals surface area (Å²) in [7, 11) is 1.47. The summed E-state index contributed by atoms with van der Waals surface area (Å²) >= 11 is 2.07. The molecular formula is C6H14N2OS. The molecule has 3 nitrogen and oxygen atoms in total. The van der Waals surface area contributed by atoms with Crippen LogP contribution in [0.15, 0.2) is 0 Å². The molecule has 0 aromatic rings. The Kier molecular flexibility index (Phi) is 6.48. The fraction of sp³-hybridized carbons (Fsp3) is 0.833. The highest BCUT2D eigenvalue weighted by Crippen LogP contribution is 2.14. The highest BCUT2D eigenvalue weighted by atomic mass is 32.2. The van der Waals surface area contributed by atoms with Crippen LogP contribution in [-0.4, -0.2) is 24.6 Å². The minimum Gasteiger partial charge on any atom is -0.352 e. The van der Waals surface area contributed by atoms with Crippen LogP contribution >= 0.6 is 11.8 Å². The fourth-order valence-electron chi connectivity index (χ4n) is 0.510. The van der Waals surface area contributed by atoms with E-state index >= 15 is 0 Å². The molecule has 1 saturated heterocycles. The van der Waals surface area contributed by atoms with Gasteiger partial charge < -0.3 is 11.1 Å². The van der Waals surface area contributed by atoms with E-state index in [2.05, 4.69) is 22.8 Å². The molecule has 1 rings (SSSR count). The molecule has 4 heteroatoms. The van der Waals surface area contributed by atoms with Crippen molar-refractivity contribution in [2.75, 3.05) is 18.6 Å². The van der Waals surface area contributed by atoms with E-state index in [4.69, 9.17) is 0 Å². The number of carbonyl (C=O) groups is 1. The highest BCUT2D eigenvalue weighted by molar-refractivity contribution is 7.99. The Labute approximate surface area is 65.7 Å². The molecule has 1 fully saturated rings. The minimum absolute atomic E-state index is 0.495. The molecule has 2 amide bonds. The first kappa shape index (κ1) is 9.62. The minimum atomic E-state index is -0.495. The number of carbonyl (C=O) groups excluding carboxylic acids is 1. The van der Waals surface area contributed by atoms with Crippen molar-refractivity contribution in [1.82, 2.24) is 5.32 Å². The molecule has 0 aromatic carbocycles. The molecular weight excluding hydrogens is 148 g/mol. The van der Waals surface area contributed by atoms with Crippen molar-refractivity contribution in [1.29, 1.82) is 0 Å². The first-order valence-corrected chi connectivity index (χ1v) is 4.47. The molecule has 0 saturated carbocycles. The number of rotatable bonds is 0. The zero-order valence-corrected chi connectivity index (χ0v) is 7.04. The zero-order valence-electron chi connectivity index (χ0n) is 6.22.